The fourth-order valence-electron chi connectivity index (χ4n) is 3.33. The van der Waals surface area contributed by atoms with Crippen molar-refractivity contribution in [2.24, 2.45) is 7.05 Å². The molecule has 25 heavy (non-hydrogen) atoms. The lowest BCUT2D eigenvalue weighted by Crippen LogP contribution is -2.36. The van der Waals surface area contributed by atoms with Gasteiger partial charge in [-0.25, -0.2) is 0 Å². The zero-order valence-corrected chi connectivity index (χ0v) is 14.6. The van der Waals surface area contributed by atoms with Gasteiger partial charge in [-0.1, -0.05) is 11.2 Å². The molecule has 2 aliphatic rings. The molecule has 1 aliphatic carbocycles. The van der Waals surface area contributed by atoms with Crippen LogP contribution in [0, 0.1) is 0 Å². The van der Waals surface area contributed by atoms with E-state index in [1.165, 1.54) is 11.3 Å². The molecule has 128 valence electrons. The third kappa shape index (κ3) is 2.48. The number of carbonyl (C=O) groups is 1. The van der Waals surface area contributed by atoms with E-state index in [-0.39, 0.29) is 5.91 Å². The number of fused-ring (bicyclic) bond motifs is 1. The van der Waals surface area contributed by atoms with Crippen molar-refractivity contribution >= 4 is 17.2 Å². The Morgan fingerprint density at radius 1 is 1.40 bits per heavy atom. The van der Waals surface area contributed by atoms with Crippen molar-refractivity contribution in [3.63, 3.8) is 0 Å². The van der Waals surface area contributed by atoms with Crippen LogP contribution in [0.4, 0.5) is 0 Å². The molecule has 0 radical (unpaired) electrons. The lowest BCUT2D eigenvalue weighted by atomic mass is 10.0. The van der Waals surface area contributed by atoms with Crippen LogP contribution < -0.4 is 0 Å². The summed E-state index contributed by atoms with van der Waals surface area (Å²) in [5, 5.41) is 10.6. The normalized spacial score (nSPS) is 16.9. The van der Waals surface area contributed by atoms with Gasteiger partial charge in [0.25, 0.3) is 11.8 Å². The molecule has 8 heteroatoms. The zero-order chi connectivity index (χ0) is 17.0. The quantitative estimate of drug-likeness (QED) is 0.722. The highest BCUT2D eigenvalue weighted by molar-refractivity contribution is 7.12. The predicted octanol–water partition coefficient (Wildman–Crippen LogP) is 2.61. The summed E-state index contributed by atoms with van der Waals surface area (Å²) in [5.74, 6) is 1.74. The van der Waals surface area contributed by atoms with Crippen molar-refractivity contribution in [3.05, 3.63) is 39.5 Å². The molecule has 0 saturated heterocycles. The summed E-state index contributed by atoms with van der Waals surface area (Å²) in [6.07, 6.45) is 3.03. The Labute approximate surface area is 148 Å². The zero-order valence-electron chi connectivity index (χ0n) is 13.8. The van der Waals surface area contributed by atoms with E-state index in [1.54, 1.807) is 0 Å². The monoisotopic (exact) mass is 355 g/mol. The molecule has 5 rings (SSSR count). The van der Waals surface area contributed by atoms with E-state index in [1.807, 2.05) is 34.1 Å². The molecule has 0 aromatic carbocycles. The first-order valence-electron chi connectivity index (χ1n) is 8.42. The molecular formula is C17H17N5O2S. The van der Waals surface area contributed by atoms with Gasteiger partial charge in [0.05, 0.1) is 11.4 Å². The van der Waals surface area contributed by atoms with Crippen molar-refractivity contribution < 1.29 is 9.32 Å². The molecule has 4 heterocycles. The third-order valence-corrected chi connectivity index (χ3v) is 5.71. The molecule has 0 spiro atoms. The maximum absolute atomic E-state index is 12.7. The second-order valence-corrected chi connectivity index (χ2v) is 7.53. The van der Waals surface area contributed by atoms with Crippen molar-refractivity contribution in [3.8, 4) is 11.6 Å². The number of nitrogens with zero attached hydrogens (tertiary/aromatic N) is 5. The van der Waals surface area contributed by atoms with E-state index < -0.39 is 0 Å². The number of thiophene rings is 1. The first kappa shape index (κ1) is 14.8. The fraction of sp³-hybridized carbons (Fsp3) is 0.412. The Bertz CT molecular complexity index is 939. The van der Waals surface area contributed by atoms with Crippen LogP contribution in [0.15, 0.2) is 22.0 Å². The average molecular weight is 355 g/mol. The van der Waals surface area contributed by atoms with Crippen molar-refractivity contribution in [2.75, 3.05) is 6.54 Å². The van der Waals surface area contributed by atoms with E-state index in [9.17, 15) is 4.79 Å². The van der Waals surface area contributed by atoms with Crippen LogP contribution in [0.2, 0.25) is 0 Å². The highest BCUT2D eigenvalue weighted by atomic mass is 32.1. The van der Waals surface area contributed by atoms with Crippen LogP contribution in [0.25, 0.3) is 11.6 Å². The van der Waals surface area contributed by atoms with Gasteiger partial charge in [-0.3, -0.25) is 9.48 Å². The van der Waals surface area contributed by atoms with Gasteiger partial charge in [-0.05, 0) is 24.3 Å². The van der Waals surface area contributed by atoms with Gasteiger partial charge in [0, 0.05) is 37.2 Å². The fourth-order valence-corrected chi connectivity index (χ4v) is 4.02. The maximum Gasteiger partial charge on any atom is 0.278 e. The number of hydrogen-bond acceptors (Lipinski definition) is 6. The largest absolute Gasteiger partial charge is 0.333 e. The molecule has 1 fully saturated rings. The number of aryl methyl sites for hydroxylation is 1. The molecule has 1 amide bonds. The van der Waals surface area contributed by atoms with Gasteiger partial charge in [0.2, 0.25) is 0 Å². The minimum atomic E-state index is 0.0691. The maximum atomic E-state index is 12.7. The van der Waals surface area contributed by atoms with Gasteiger partial charge in [-0.2, -0.15) is 10.1 Å². The van der Waals surface area contributed by atoms with Gasteiger partial charge < -0.3 is 9.42 Å². The molecule has 7 nitrogen and oxygen atoms in total. The number of aromatic nitrogens is 4. The number of carbonyl (C=O) groups excluding carboxylic acids is 1. The molecule has 3 aromatic rings. The average Bonchev–Trinajstić information content (AvgIpc) is 3.04. The Morgan fingerprint density at radius 3 is 3.04 bits per heavy atom. The summed E-state index contributed by atoms with van der Waals surface area (Å²) in [7, 11) is 1.93. The van der Waals surface area contributed by atoms with Crippen molar-refractivity contribution in [1.29, 1.82) is 0 Å². The van der Waals surface area contributed by atoms with E-state index in [0.29, 0.717) is 30.6 Å². The van der Waals surface area contributed by atoms with E-state index in [4.69, 9.17) is 4.52 Å². The minimum Gasteiger partial charge on any atom is -0.333 e. The summed E-state index contributed by atoms with van der Waals surface area (Å²) in [5.41, 5.74) is 2.86. The molecule has 3 aromatic heterocycles. The van der Waals surface area contributed by atoms with Crippen molar-refractivity contribution in [2.45, 2.75) is 31.7 Å². The summed E-state index contributed by atoms with van der Waals surface area (Å²) >= 11 is 1.47. The number of amides is 1. The first-order valence-corrected chi connectivity index (χ1v) is 9.30. The number of rotatable bonds is 3. The van der Waals surface area contributed by atoms with Crippen molar-refractivity contribution in [1.82, 2.24) is 24.8 Å². The van der Waals surface area contributed by atoms with Crippen LogP contribution in [0.3, 0.4) is 0 Å². The number of hydrogen-bond donors (Lipinski definition) is 0. The second kappa shape index (κ2) is 5.52. The van der Waals surface area contributed by atoms with Crippen LogP contribution in [0.5, 0.6) is 0 Å². The highest BCUT2D eigenvalue weighted by Gasteiger charge is 2.32. The Hall–Kier alpha value is -2.48. The Kier molecular flexibility index (Phi) is 3.27. The second-order valence-electron chi connectivity index (χ2n) is 6.58. The SMILES string of the molecule is Cn1nc(-c2nc(C3CC3)no2)c2c1CCN(C(=O)c1cccs1)C2. The molecule has 0 N–H and O–H groups in total. The molecule has 1 saturated carbocycles. The predicted molar refractivity (Wildman–Crippen MR) is 91.2 cm³/mol. The van der Waals surface area contributed by atoms with Crippen LogP contribution in [-0.2, 0) is 20.0 Å². The smallest absolute Gasteiger partial charge is 0.278 e. The van der Waals surface area contributed by atoms with E-state index in [2.05, 4.69) is 15.2 Å². The van der Waals surface area contributed by atoms with Crippen LogP contribution >= 0.6 is 11.3 Å². The van der Waals surface area contributed by atoms with Gasteiger partial charge in [0.15, 0.2) is 11.5 Å². The molecule has 0 bridgehead atoms. The molecule has 0 unspecified atom stereocenters. The molecule has 0 atom stereocenters. The summed E-state index contributed by atoms with van der Waals surface area (Å²) in [6, 6.07) is 3.77. The van der Waals surface area contributed by atoms with Gasteiger partial charge >= 0.3 is 0 Å². The summed E-state index contributed by atoms with van der Waals surface area (Å²) < 4.78 is 7.33. The third-order valence-electron chi connectivity index (χ3n) is 4.85. The Balaban J connectivity index is 1.48. The van der Waals surface area contributed by atoms with Crippen LogP contribution in [0.1, 0.15) is 45.5 Å². The van der Waals surface area contributed by atoms with E-state index >= 15 is 0 Å². The summed E-state index contributed by atoms with van der Waals surface area (Å²) in [6.45, 7) is 1.22. The van der Waals surface area contributed by atoms with E-state index in [0.717, 1.165) is 41.2 Å². The molecule has 1 aliphatic heterocycles. The lowest BCUT2D eigenvalue weighted by Gasteiger charge is -2.27. The van der Waals surface area contributed by atoms with Gasteiger partial charge in [0.1, 0.15) is 0 Å². The highest BCUT2D eigenvalue weighted by Crippen LogP contribution is 2.39. The molecular weight excluding hydrogens is 338 g/mol. The summed E-state index contributed by atoms with van der Waals surface area (Å²) in [4.78, 5) is 19.9. The Morgan fingerprint density at radius 2 is 2.28 bits per heavy atom. The first-order chi connectivity index (χ1) is 12.2. The standard InChI is InChI=1S/C17H17N5O2S/c1-21-12-6-7-22(17(23)13-3-2-8-25-13)9-11(12)14(19-21)16-18-15(20-24-16)10-4-5-10/h2-3,8,10H,4-7,9H2,1H3. The van der Waals surface area contributed by atoms with Gasteiger partial charge in [-0.15, -0.1) is 11.3 Å². The van der Waals surface area contributed by atoms with Crippen LogP contribution in [-0.4, -0.2) is 37.3 Å². The lowest BCUT2D eigenvalue weighted by molar-refractivity contribution is 0.0738. The minimum absolute atomic E-state index is 0.0691. The topological polar surface area (TPSA) is 77.1 Å².